The molecule has 31 heavy (non-hydrogen) atoms. The van der Waals surface area contributed by atoms with Crippen LogP contribution in [0.1, 0.15) is 16.7 Å². The van der Waals surface area contributed by atoms with Crippen LogP contribution in [0.25, 0.3) is 11.1 Å². The van der Waals surface area contributed by atoms with Crippen LogP contribution in [0.4, 0.5) is 40.8 Å². The van der Waals surface area contributed by atoms with Gasteiger partial charge in [-0.2, -0.15) is 26.3 Å². The summed E-state index contributed by atoms with van der Waals surface area (Å²) in [6.07, 6.45) is -9.67. The van der Waals surface area contributed by atoms with E-state index in [-0.39, 0.29) is 18.0 Å². The van der Waals surface area contributed by atoms with Gasteiger partial charge in [0.15, 0.2) is 0 Å². The number of alkyl halides is 6. The van der Waals surface area contributed by atoms with E-state index in [9.17, 15) is 35.1 Å². The van der Waals surface area contributed by atoms with Crippen LogP contribution in [0.5, 0.6) is 0 Å². The second-order valence-electron chi connectivity index (χ2n) is 6.36. The van der Waals surface area contributed by atoms with E-state index in [2.05, 4.69) is 5.32 Å². The van der Waals surface area contributed by atoms with Crippen molar-refractivity contribution in [2.24, 2.45) is 0 Å². The second-order valence-corrected chi connectivity index (χ2v) is 6.36. The van der Waals surface area contributed by atoms with Gasteiger partial charge < -0.3 is 5.32 Å². The van der Waals surface area contributed by atoms with Crippen molar-refractivity contribution in [2.45, 2.75) is 18.9 Å². The van der Waals surface area contributed by atoms with Gasteiger partial charge in [-0.1, -0.05) is 30.3 Å². The van der Waals surface area contributed by atoms with Crippen LogP contribution in [-0.2, 0) is 18.9 Å². The highest BCUT2D eigenvalue weighted by atomic mass is 35.5. The minimum atomic E-state index is -4.92. The standard InChI is InChI=1S/C21H13F8N.ClH/c22-17-6-3-7-18(23)14(17)11-30-19-9-8-12(10-16(19)21(27,28)29)13-4-1-2-5-15(13)20(24,25)26;/h1-10,30H,11H2;1H. The topological polar surface area (TPSA) is 12.0 Å². The van der Waals surface area contributed by atoms with E-state index in [0.717, 1.165) is 48.5 Å². The Morgan fingerprint density at radius 2 is 1.26 bits per heavy atom. The first-order valence-electron chi connectivity index (χ1n) is 8.53. The molecule has 3 rings (SSSR count). The SMILES string of the molecule is Cl.Fc1cccc(F)c1CNc1ccc(-c2ccccc2C(F)(F)F)cc1C(F)(F)F. The van der Waals surface area contributed by atoms with Gasteiger partial charge in [0, 0.05) is 17.8 Å². The highest BCUT2D eigenvalue weighted by Crippen LogP contribution is 2.41. The molecule has 0 spiro atoms. The Kier molecular flexibility index (Phi) is 7.21. The van der Waals surface area contributed by atoms with E-state index >= 15 is 0 Å². The lowest BCUT2D eigenvalue weighted by Gasteiger charge is -2.18. The Balaban J connectivity index is 0.00000341. The third kappa shape index (κ3) is 5.46. The zero-order valence-electron chi connectivity index (χ0n) is 15.4. The molecule has 1 nitrogen and oxygen atoms in total. The summed E-state index contributed by atoms with van der Waals surface area (Å²) >= 11 is 0. The highest BCUT2D eigenvalue weighted by molar-refractivity contribution is 5.85. The van der Waals surface area contributed by atoms with Crippen molar-refractivity contribution in [3.8, 4) is 11.1 Å². The Bertz CT molecular complexity index is 1040. The van der Waals surface area contributed by atoms with E-state index in [1.54, 1.807) is 0 Å². The molecule has 0 atom stereocenters. The molecule has 0 aliphatic carbocycles. The molecule has 0 aromatic heterocycles. The molecule has 0 saturated carbocycles. The molecule has 0 aliphatic heterocycles. The number of hydrogen-bond acceptors (Lipinski definition) is 1. The molecule has 0 bridgehead atoms. The van der Waals surface area contributed by atoms with Crippen LogP contribution in [0.15, 0.2) is 60.7 Å². The summed E-state index contributed by atoms with van der Waals surface area (Å²) < 4.78 is 108. The lowest BCUT2D eigenvalue weighted by Crippen LogP contribution is -2.13. The zero-order valence-corrected chi connectivity index (χ0v) is 16.2. The monoisotopic (exact) mass is 467 g/mol. The van der Waals surface area contributed by atoms with Crippen LogP contribution in [0.2, 0.25) is 0 Å². The van der Waals surface area contributed by atoms with Gasteiger partial charge in [-0.05, 0) is 41.5 Å². The fraction of sp³-hybridized carbons (Fsp3) is 0.143. The molecule has 3 aromatic carbocycles. The van der Waals surface area contributed by atoms with Crippen LogP contribution >= 0.6 is 12.4 Å². The van der Waals surface area contributed by atoms with E-state index in [0.29, 0.717) is 6.07 Å². The summed E-state index contributed by atoms with van der Waals surface area (Å²) in [6, 6.07) is 9.89. The lowest BCUT2D eigenvalue weighted by atomic mass is 9.96. The molecule has 0 fully saturated rings. The Labute approximate surface area is 178 Å². The summed E-state index contributed by atoms with van der Waals surface area (Å²) in [6.45, 7) is -0.583. The fourth-order valence-electron chi connectivity index (χ4n) is 2.97. The lowest BCUT2D eigenvalue weighted by molar-refractivity contribution is -0.137. The number of hydrogen-bond donors (Lipinski definition) is 1. The second kappa shape index (κ2) is 9.13. The summed E-state index contributed by atoms with van der Waals surface area (Å²) in [4.78, 5) is 0. The summed E-state index contributed by atoms with van der Waals surface area (Å²) in [7, 11) is 0. The molecule has 166 valence electrons. The number of nitrogens with one attached hydrogen (secondary N) is 1. The molecule has 3 aromatic rings. The molecule has 0 saturated heterocycles. The van der Waals surface area contributed by atoms with E-state index in [4.69, 9.17) is 0 Å². The fourth-order valence-corrected chi connectivity index (χ4v) is 2.97. The van der Waals surface area contributed by atoms with Gasteiger partial charge in [-0.25, -0.2) is 8.78 Å². The van der Waals surface area contributed by atoms with Crippen molar-refractivity contribution in [2.75, 3.05) is 5.32 Å². The van der Waals surface area contributed by atoms with Gasteiger partial charge in [-0.3, -0.25) is 0 Å². The Morgan fingerprint density at radius 1 is 0.677 bits per heavy atom. The van der Waals surface area contributed by atoms with E-state index in [1.165, 1.54) is 6.07 Å². The van der Waals surface area contributed by atoms with Crippen molar-refractivity contribution >= 4 is 18.1 Å². The molecule has 0 unspecified atom stereocenters. The average Bonchev–Trinajstić information content (AvgIpc) is 2.66. The zero-order chi connectivity index (χ0) is 22.1. The van der Waals surface area contributed by atoms with Crippen LogP contribution in [0, 0.1) is 11.6 Å². The van der Waals surface area contributed by atoms with Gasteiger partial charge in [0.2, 0.25) is 0 Å². The third-order valence-electron chi connectivity index (χ3n) is 4.39. The minimum absolute atomic E-state index is 0. The van der Waals surface area contributed by atoms with Gasteiger partial charge in [0.25, 0.3) is 0 Å². The van der Waals surface area contributed by atoms with E-state index in [1.807, 2.05) is 0 Å². The Morgan fingerprint density at radius 3 is 1.84 bits per heavy atom. The maximum Gasteiger partial charge on any atom is 0.418 e. The number of rotatable bonds is 4. The molecule has 0 amide bonds. The summed E-state index contributed by atoms with van der Waals surface area (Å²) in [5.41, 5.74) is -4.02. The highest BCUT2D eigenvalue weighted by Gasteiger charge is 2.36. The van der Waals surface area contributed by atoms with Crippen LogP contribution in [-0.4, -0.2) is 0 Å². The van der Waals surface area contributed by atoms with Crippen molar-refractivity contribution in [3.63, 3.8) is 0 Å². The van der Waals surface area contributed by atoms with Gasteiger partial charge in [0.05, 0.1) is 11.1 Å². The maximum absolute atomic E-state index is 13.7. The first kappa shape index (κ1) is 24.5. The quantitative estimate of drug-likeness (QED) is 0.388. The average molecular weight is 468 g/mol. The predicted octanol–water partition coefficient (Wildman–Crippen LogP) is 7.70. The molecular weight excluding hydrogens is 454 g/mol. The predicted molar refractivity (Wildman–Crippen MR) is 103 cm³/mol. The molecule has 0 aliphatic rings. The maximum atomic E-state index is 13.7. The van der Waals surface area contributed by atoms with E-state index < -0.39 is 58.5 Å². The number of anilines is 1. The minimum Gasteiger partial charge on any atom is -0.380 e. The van der Waals surface area contributed by atoms with Crippen LogP contribution < -0.4 is 5.32 Å². The van der Waals surface area contributed by atoms with Crippen molar-refractivity contribution in [1.29, 1.82) is 0 Å². The molecule has 1 N–H and O–H groups in total. The first-order chi connectivity index (χ1) is 14.0. The van der Waals surface area contributed by atoms with Gasteiger partial charge in [-0.15, -0.1) is 12.4 Å². The van der Waals surface area contributed by atoms with Crippen molar-refractivity contribution in [3.05, 3.63) is 89.0 Å². The number of benzene rings is 3. The smallest absolute Gasteiger partial charge is 0.380 e. The largest absolute Gasteiger partial charge is 0.418 e. The Hall–Kier alpha value is -2.81. The normalized spacial score (nSPS) is 11.7. The molecule has 10 heteroatoms. The van der Waals surface area contributed by atoms with Crippen molar-refractivity contribution < 1.29 is 35.1 Å². The number of halogens is 9. The van der Waals surface area contributed by atoms with Gasteiger partial charge in [0.1, 0.15) is 11.6 Å². The summed E-state index contributed by atoms with van der Waals surface area (Å²) in [5.74, 6) is -1.88. The first-order valence-corrected chi connectivity index (χ1v) is 8.53. The molecule has 0 radical (unpaired) electrons. The molecule has 0 heterocycles. The molecular formula is C21H14ClF8N. The van der Waals surface area contributed by atoms with Crippen LogP contribution in [0.3, 0.4) is 0 Å². The third-order valence-corrected chi connectivity index (χ3v) is 4.39. The van der Waals surface area contributed by atoms with Crippen molar-refractivity contribution in [1.82, 2.24) is 0 Å². The van der Waals surface area contributed by atoms with Gasteiger partial charge >= 0.3 is 12.4 Å². The summed E-state index contributed by atoms with van der Waals surface area (Å²) in [5, 5.41) is 2.32.